The monoisotopic (exact) mass is 496 g/mol. The first kappa shape index (κ1) is 27.2. The zero-order valence-corrected chi connectivity index (χ0v) is 20.8. The molecule has 0 fully saturated rings. The molecule has 1 aromatic heterocycles. The van der Waals surface area contributed by atoms with Gasteiger partial charge in [0.25, 0.3) is 0 Å². The Labute approximate surface area is 211 Å². The van der Waals surface area contributed by atoms with E-state index in [1.807, 2.05) is 37.1 Å². The highest BCUT2D eigenvalue weighted by Gasteiger charge is 2.19. The minimum atomic E-state index is -0.784. The maximum atomic E-state index is 14.8. The van der Waals surface area contributed by atoms with Crippen molar-refractivity contribution in [2.45, 2.75) is 44.7 Å². The molecule has 192 valence electrons. The van der Waals surface area contributed by atoms with Gasteiger partial charge in [-0.2, -0.15) is 0 Å². The molecule has 0 amide bonds. The van der Waals surface area contributed by atoms with E-state index in [1.54, 1.807) is 18.3 Å². The second-order valence-electron chi connectivity index (χ2n) is 9.29. The van der Waals surface area contributed by atoms with Crippen LogP contribution in [-0.4, -0.2) is 55.0 Å². The third kappa shape index (κ3) is 7.81. The smallest absolute Gasteiger partial charge is 0.303 e. The Morgan fingerprint density at radius 3 is 2.72 bits per heavy atom. The molecule has 1 aromatic carbocycles. The zero-order chi connectivity index (χ0) is 26.1. The van der Waals surface area contributed by atoms with Crippen molar-refractivity contribution in [1.29, 1.82) is 0 Å². The zero-order valence-electron chi connectivity index (χ0n) is 20.8. The van der Waals surface area contributed by atoms with Crippen LogP contribution in [0.4, 0.5) is 14.6 Å². The lowest BCUT2D eigenvalue weighted by molar-refractivity contribution is -0.138. The maximum absolute atomic E-state index is 14.8. The molecular formula is C28H34F2N4O2. The topological polar surface area (TPSA) is 77.8 Å². The van der Waals surface area contributed by atoms with Crippen molar-refractivity contribution in [2.24, 2.45) is 10.9 Å². The predicted octanol–water partition coefficient (Wildman–Crippen LogP) is 5.21. The minimum absolute atomic E-state index is 0.0896. The number of hydrogen-bond acceptors (Lipinski definition) is 5. The molecule has 8 heteroatoms. The van der Waals surface area contributed by atoms with Gasteiger partial charge in [0.1, 0.15) is 17.5 Å². The number of aliphatic imine (C=N–C) groups is 1. The minimum Gasteiger partial charge on any atom is -0.481 e. The van der Waals surface area contributed by atoms with Crippen LogP contribution in [0.15, 0.2) is 65.6 Å². The summed E-state index contributed by atoms with van der Waals surface area (Å²) in [5.74, 6) is -0.477. The van der Waals surface area contributed by atoms with Crippen LogP contribution in [0, 0.1) is 11.7 Å². The van der Waals surface area contributed by atoms with Crippen molar-refractivity contribution in [3.05, 3.63) is 72.0 Å². The van der Waals surface area contributed by atoms with Gasteiger partial charge in [-0.1, -0.05) is 25.1 Å². The number of halogens is 2. The fraction of sp³-hybridized carbons (Fsp3) is 0.393. The molecule has 0 saturated heterocycles. The summed E-state index contributed by atoms with van der Waals surface area (Å²) >= 11 is 0. The molecule has 1 aliphatic rings. The van der Waals surface area contributed by atoms with Crippen LogP contribution in [-0.2, 0) is 11.2 Å². The van der Waals surface area contributed by atoms with Gasteiger partial charge in [-0.05, 0) is 79.9 Å². The summed E-state index contributed by atoms with van der Waals surface area (Å²) in [6.45, 7) is 6.78. The normalized spacial score (nSPS) is 17.9. The highest BCUT2D eigenvalue weighted by atomic mass is 19.1. The van der Waals surface area contributed by atoms with Crippen LogP contribution in [0.3, 0.4) is 0 Å². The number of hydrogen-bond donors (Lipinski definition) is 2. The molecule has 36 heavy (non-hydrogen) atoms. The molecule has 3 rings (SSSR count). The standard InChI is InChI=1S/C28H34F2N4O2/c1-19(15-28(35)36)12-14-34(3)27-11-8-22(18-33-27)21-7-6-20(24(30)16-21)5-4-13-32-26-17-23(29)9-10-25(26)31-2/h6-11,16-19,25-26,32H,2,4-5,12-15H2,1,3H3,(H,35,36). The Morgan fingerprint density at radius 2 is 2.06 bits per heavy atom. The van der Waals surface area contributed by atoms with E-state index in [0.717, 1.165) is 23.4 Å². The summed E-state index contributed by atoms with van der Waals surface area (Å²) in [6.07, 6.45) is 8.45. The summed E-state index contributed by atoms with van der Waals surface area (Å²) in [7, 11) is 1.92. The quantitative estimate of drug-likeness (QED) is 0.294. The summed E-state index contributed by atoms with van der Waals surface area (Å²) in [6, 6.07) is 8.56. The van der Waals surface area contributed by atoms with E-state index in [0.29, 0.717) is 31.5 Å². The predicted molar refractivity (Wildman–Crippen MR) is 141 cm³/mol. The molecule has 0 radical (unpaired) electrons. The van der Waals surface area contributed by atoms with Crippen molar-refractivity contribution in [1.82, 2.24) is 10.3 Å². The van der Waals surface area contributed by atoms with Crippen molar-refractivity contribution in [3.8, 4) is 11.1 Å². The molecule has 2 N–H and O–H groups in total. The number of nitrogens with zero attached hydrogens (tertiary/aromatic N) is 3. The highest BCUT2D eigenvalue weighted by molar-refractivity contribution is 5.67. The van der Waals surface area contributed by atoms with Gasteiger partial charge in [-0.15, -0.1) is 0 Å². The average molecular weight is 497 g/mol. The summed E-state index contributed by atoms with van der Waals surface area (Å²) in [4.78, 5) is 21.3. The van der Waals surface area contributed by atoms with E-state index in [2.05, 4.69) is 22.0 Å². The van der Waals surface area contributed by atoms with Crippen LogP contribution in [0.1, 0.15) is 31.7 Å². The van der Waals surface area contributed by atoms with Gasteiger partial charge >= 0.3 is 5.97 Å². The second-order valence-corrected chi connectivity index (χ2v) is 9.29. The van der Waals surface area contributed by atoms with E-state index in [1.165, 1.54) is 18.2 Å². The first-order valence-corrected chi connectivity index (χ1v) is 12.2. The average Bonchev–Trinajstić information content (AvgIpc) is 2.85. The lowest BCUT2D eigenvalue weighted by atomic mass is 10.0. The number of aliphatic carboxylic acids is 1. The van der Waals surface area contributed by atoms with Crippen molar-refractivity contribution in [3.63, 3.8) is 0 Å². The van der Waals surface area contributed by atoms with Gasteiger partial charge in [0.2, 0.25) is 0 Å². The number of allylic oxidation sites excluding steroid dienone is 2. The summed E-state index contributed by atoms with van der Waals surface area (Å²) in [5, 5.41) is 12.1. The van der Waals surface area contributed by atoms with E-state index < -0.39 is 5.97 Å². The molecule has 2 aromatic rings. The molecule has 0 spiro atoms. The molecule has 6 nitrogen and oxygen atoms in total. The van der Waals surface area contributed by atoms with Crippen LogP contribution in [0.25, 0.3) is 11.1 Å². The number of rotatable bonds is 13. The lowest BCUT2D eigenvalue weighted by Crippen LogP contribution is -2.38. The largest absolute Gasteiger partial charge is 0.481 e. The third-order valence-electron chi connectivity index (χ3n) is 6.38. The van der Waals surface area contributed by atoms with Gasteiger partial charge in [0.05, 0.1) is 12.1 Å². The van der Waals surface area contributed by atoms with E-state index >= 15 is 0 Å². The van der Waals surface area contributed by atoms with Gasteiger partial charge in [0, 0.05) is 31.8 Å². The number of benzene rings is 1. The van der Waals surface area contributed by atoms with Crippen LogP contribution >= 0.6 is 0 Å². The first-order chi connectivity index (χ1) is 17.3. The van der Waals surface area contributed by atoms with Gasteiger partial charge in [0.15, 0.2) is 0 Å². The van der Waals surface area contributed by atoms with Crippen LogP contribution < -0.4 is 10.2 Å². The second kappa shape index (κ2) is 13.1. The Kier molecular flexibility index (Phi) is 9.87. The first-order valence-electron chi connectivity index (χ1n) is 12.2. The van der Waals surface area contributed by atoms with Crippen LogP contribution in [0.5, 0.6) is 0 Å². The number of pyridine rings is 1. The molecule has 0 aliphatic heterocycles. The molecule has 3 atom stereocenters. The highest BCUT2D eigenvalue weighted by Crippen LogP contribution is 2.24. The molecule has 3 unspecified atom stereocenters. The number of aryl methyl sites for hydroxylation is 1. The Morgan fingerprint density at radius 1 is 1.28 bits per heavy atom. The van der Waals surface area contributed by atoms with Crippen LogP contribution in [0.2, 0.25) is 0 Å². The van der Waals surface area contributed by atoms with Gasteiger partial charge in [-0.25, -0.2) is 13.8 Å². The summed E-state index contributed by atoms with van der Waals surface area (Å²) < 4.78 is 28.3. The molecule has 0 bridgehead atoms. The maximum Gasteiger partial charge on any atom is 0.303 e. The van der Waals surface area contributed by atoms with Crippen molar-refractivity contribution >= 4 is 18.5 Å². The van der Waals surface area contributed by atoms with Crippen molar-refractivity contribution < 1.29 is 18.7 Å². The molecule has 1 aliphatic carbocycles. The number of aromatic nitrogens is 1. The van der Waals surface area contributed by atoms with E-state index in [9.17, 15) is 13.6 Å². The fourth-order valence-corrected chi connectivity index (χ4v) is 4.18. The fourth-order valence-electron chi connectivity index (χ4n) is 4.18. The van der Waals surface area contributed by atoms with E-state index in [4.69, 9.17) is 5.11 Å². The Balaban J connectivity index is 1.51. The Hall–Kier alpha value is -3.39. The number of carboxylic acids is 1. The third-order valence-corrected chi connectivity index (χ3v) is 6.38. The summed E-state index contributed by atoms with van der Waals surface area (Å²) in [5.41, 5.74) is 2.20. The number of carboxylic acid groups (broad SMARTS) is 1. The van der Waals surface area contributed by atoms with Gasteiger partial charge in [-0.3, -0.25) is 9.79 Å². The number of anilines is 1. The van der Waals surface area contributed by atoms with E-state index in [-0.39, 0.29) is 36.1 Å². The molecular weight excluding hydrogens is 462 g/mol. The van der Waals surface area contributed by atoms with Gasteiger partial charge < -0.3 is 15.3 Å². The van der Waals surface area contributed by atoms with Crippen molar-refractivity contribution in [2.75, 3.05) is 25.0 Å². The SMILES string of the molecule is C=NC1C=CC(F)=CC1NCCCc1ccc(-c2ccc(N(C)CCC(C)CC(=O)O)nc2)cc1F. The lowest BCUT2D eigenvalue weighted by Gasteiger charge is -2.22. The molecule has 1 heterocycles. The molecule has 0 saturated carbocycles. The number of nitrogens with one attached hydrogen (secondary N) is 1. The number of carbonyl (C=O) groups is 1. The Bertz CT molecular complexity index is 1100.